The second kappa shape index (κ2) is 4.07. The smallest absolute Gasteiger partial charge is 0.277 e. The zero-order chi connectivity index (χ0) is 12.5. The molecule has 0 spiro atoms. The Hall–Kier alpha value is -2.49. The molecule has 0 radical (unpaired) electrons. The molecule has 1 amide bonds. The first-order valence-electron chi connectivity index (χ1n) is 5.66. The Balaban J connectivity index is 1.99. The Bertz CT molecular complexity index is 622. The Morgan fingerprint density at radius 2 is 2.00 bits per heavy atom. The largest absolute Gasteiger partial charge is 0.302 e. The summed E-state index contributed by atoms with van der Waals surface area (Å²) in [6.45, 7) is 0.450. The zero-order valence-electron chi connectivity index (χ0n) is 9.63. The van der Waals surface area contributed by atoms with Gasteiger partial charge in [-0.3, -0.25) is 15.2 Å². The molecule has 1 aromatic heterocycles. The van der Waals surface area contributed by atoms with E-state index < -0.39 is 0 Å². The van der Waals surface area contributed by atoms with Crippen LogP contribution >= 0.6 is 0 Å². The third kappa shape index (κ3) is 1.59. The number of anilines is 1. The molecule has 0 atom stereocenters. The maximum absolute atomic E-state index is 12.0. The summed E-state index contributed by atoms with van der Waals surface area (Å²) in [5.41, 5.74) is 2.52. The van der Waals surface area contributed by atoms with Crippen LogP contribution in [0.15, 0.2) is 48.8 Å². The van der Waals surface area contributed by atoms with Crippen molar-refractivity contribution in [1.29, 1.82) is 5.41 Å². The number of carbonyl (C=O) groups excluding carboxylic acids is 1. The number of nitrogens with zero attached hydrogens (tertiary/aromatic N) is 2. The van der Waals surface area contributed by atoms with Gasteiger partial charge in [-0.05, 0) is 17.7 Å². The predicted molar refractivity (Wildman–Crippen MR) is 68.7 cm³/mol. The van der Waals surface area contributed by atoms with Gasteiger partial charge in [-0.1, -0.05) is 24.3 Å². The average Bonchev–Trinajstić information content (AvgIpc) is 2.66. The molecule has 1 aliphatic rings. The first-order valence-corrected chi connectivity index (χ1v) is 5.66. The number of hydrogen-bond donors (Lipinski definition) is 1. The van der Waals surface area contributed by atoms with Crippen molar-refractivity contribution in [2.45, 2.75) is 6.54 Å². The quantitative estimate of drug-likeness (QED) is 0.868. The number of benzene rings is 1. The van der Waals surface area contributed by atoms with Crippen molar-refractivity contribution in [3.05, 3.63) is 59.9 Å². The van der Waals surface area contributed by atoms with Crippen molar-refractivity contribution in [3.63, 3.8) is 0 Å². The van der Waals surface area contributed by atoms with E-state index in [0.717, 1.165) is 11.3 Å². The summed E-state index contributed by atoms with van der Waals surface area (Å²) in [5, 5.41) is 7.83. The molecule has 88 valence electrons. The van der Waals surface area contributed by atoms with Gasteiger partial charge in [-0.15, -0.1) is 0 Å². The highest BCUT2D eigenvalue weighted by Gasteiger charge is 2.32. The molecule has 4 nitrogen and oxygen atoms in total. The number of amides is 1. The van der Waals surface area contributed by atoms with Gasteiger partial charge >= 0.3 is 0 Å². The maximum Gasteiger partial charge on any atom is 0.277 e. The first kappa shape index (κ1) is 10.7. The maximum atomic E-state index is 12.0. The summed E-state index contributed by atoms with van der Waals surface area (Å²) in [7, 11) is 0. The normalized spacial score (nSPS) is 13.9. The molecule has 2 heterocycles. The zero-order valence-corrected chi connectivity index (χ0v) is 9.63. The van der Waals surface area contributed by atoms with Crippen LogP contribution in [0.25, 0.3) is 0 Å². The lowest BCUT2D eigenvalue weighted by molar-refractivity contribution is -0.112. The van der Waals surface area contributed by atoms with Crippen LogP contribution < -0.4 is 4.90 Å². The molecule has 0 aliphatic carbocycles. The number of hydrogen-bond acceptors (Lipinski definition) is 3. The molecule has 4 heteroatoms. The number of pyridine rings is 1. The van der Waals surface area contributed by atoms with Gasteiger partial charge in [0.15, 0.2) is 0 Å². The SMILES string of the molecule is N=C1C(=O)N(Cc2cccnc2)c2ccccc21. The van der Waals surface area contributed by atoms with Crippen LogP contribution in [0.2, 0.25) is 0 Å². The Labute approximate surface area is 104 Å². The van der Waals surface area contributed by atoms with Gasteiger partial charge in [0.25, 0.3) is 5.91 Å². The molecule has 1 aliphatic heterocycles. The number of aromatic nitrogens is 1. The van der Waals surface area contributed by atoms with E-state index in [0.29, 0.717) is 12.1 Å². The summed E-state index contributed by atoms with van der Waals surface area (Å²) < 4.78 is 0. The van der Waals surface area contributed by atoms with Crippen LogP contribution in [-0.2, 0) is 11.3 Å². The van der Waals surface area contributed by atoms with Crippen molar-refractivity contribution in [2.75, 3.05) is 4.90 Å². The van der Waals surface area contributed by atoms with E-state index in [9.17, 15) is 4.79 Å². The summed E-state index contributed by atoms with van der Waals surface area (Å²) in [6.07, 6.45) is 3.43. The standard InChI is InChI=1S/C14H11N3O/c15-13-11-5-1-2-6-12(11)17(14(13)18)9-10-4-3-7-16-8-10/h1-8,15H,9H2. The molecule has 0 bridgehead atoms. The average molecular weight is 237 g/mol. The summed E-state index contributed by atoms with van der Waals surface area (Å²) in [5.74, 6) is -0.250. The second-order valence-electron chi connectivity index (χ2n) is 4.14. The van der Waals surface area contributed by atoms with Gasteiger partial charge in [0.05, 0.1) is 12.2 Å². The molecule has 1 aromatic carbocycles. The van der Waals surface area contributed by atoms with Crippen molar-refractivity contribution < 1.29 is 4.79 Å². The number of rotatable bonds is 2. The number of nitrogens with one attached hydrogen (secondary N) is 1. The molecule has 3 rings (SSSR count). The van der Waals surface area contributed by atoms with Gasteiger partial charge in [0.2, 0.25) is 0 Å². The molecule has 2 aromatic rings. The monoisotopic (exact) mass is 237 g/mol. The van der Waals surface area contributed by atoms with E-state index in [1.807, 2.05) is 30.3 Å². The fourth-order valence-electron chi connectivity index (χ4n) is 2.11. The Morgan fingerprint density at radius 1 is 1.17 bits per heavy atom. The minimum atomic E-state index is -0.250. The lowest BCUT2D eigenvalue weighted by Crippen LogP contribution is -2.29. The van der Waals surface area contributed by atoms with Gasteiger partial charge in [0.1, 0.15) is 5.71 Å². The van der Waals surface area contributed by atoms with Crippen LogP contribution in [0.5, 0.6) is 0 Å². The van der Waals surface area contributed by atoms with Crippen LogP contribution in [0.1, 0.15) is 11.1 Å². The van der Waals surface area contributed by atoms with Crippen molar-refractivity contribution in [1.82, 2.24) is 4.98 Å². The molecule has 18 heavy (non-hydrogen) atoms. The lowest BCUT2D eigenvalue weighted by atomic mass is 10.1. The van der Waals surface area contributed by atoms with E-state index in [4.69, 9.17) is 5.41 Å². The summed E-state index contributed by atoms with van der Waals surface area (Å²) >= 11 is 0. The number of carbonyl (C=O) groups is 1. The predicted octanol–water partition coefficient (Wildman–Crippen LogP) is 2.00. The van der Waals surface area contributed by atoms with Crippen LogP contribution in [0.3, 0.4) is 0 Å². The third-order valence-corrected chi connectivity index (χ3v) is 2.99. The first-order chi connectivity index (χ1) is 8.77. The molecule has 1 N–H and O–H groups in total. The Morgan fingerprint density at radius 3 is 2.78 bits per heavy atom. The number of para-hydroxylation sites is 1. The molecule has 0 fully saturated rings. The topological polar surface area (TPSA) is 57.1 Å². The van der Waals surface area contributed by atoms with Gasteiger partial charge in [-0.25, -0.2) is 0 Å². The van der Waals surface area contributed by atoms with Crippen LogP contribution in [0.4, 0.5) is 5.69 Å². The van der Waals surface area contributed by atoms with Crippen molar-refractivity contribution in [3.8, 4) is 0 Å². The highest BCUT2D eigenvalue weighted by atomic mass is 16.2. The van der Waals surface area contributed by atoms with Crippen molar-refractivity contribution >= 4 is 17.3 Å². The fourth-order valence-corrected chi connectivity index (χ4v) is 2.11. The van der Waals surface area contributed by atoms with E-state index in [2.05, 4.69) is 4.98 Å². The highest BCUT2D eigenvalue weighted by Crippen LogP contribution is 2.29. The molecular weight excluding hydrogens is 226 g/mol. The highest BCUT2D eigenvalue weighted by molar-refractivity contribution is 6.53. The number of fused-ring (bicyclic) bond motifs is 1. The molecule has 0 saturated heterocycles. The van der Waals surface area contributed by atoms with Gasteiger partial charge in [0, 0.05) is 18.0 Å². The molecule has 0 saturated carbocycles. The summed E-state index contributed by atoms with van der Waals surface area (Å²) in [6, 6.07) is 11.1. The fraction of sp³-hybridized carbons (Fsp3) is 0.0714. The second-order valence-corrected chi connectivity index (χ2v) is 4.14. The van der Waals surface area contributed by atoms with Crippen LogP contribution in [-0.4, -0.2) is 16.6 Å². The Kier molecular flexibility index (Phi) is 2.41. The van der Waals surface area contributed by atoms with E-state index in [1.165, 1.54) is 0 Å². The van der Waals surface area contributed by atoms with Gasteiger partial charge < -0.3 is 4.90 Å². The van der Waals surface area contributed by atoms with E-state index >= 15 is 0 Å². The van der Waals surface area contributed by atoms with Crippen molar-refractivity contribution in [2.24, 2.45) is 0 Å². The minimum absolute atomic E-state index is 0.0643. The van der Waals surface area contributed by atoms with Gasteiger partial charge in [-0.2, -0.15) is 0 Å². The molecule has 0 unspecified atom stereocenters. The minimum Gasteiger partial charge on any atom is -0.302 e. The summed E-state index contributed by atoms with van der Waals surface area (Å²) in [4.78, 5) is 17.7. The van der Waals surface area contributed by atoms with E-state index in [-0.39, 0.29) is 11.6 Å². The lowest BCUT2D eigenvalue weighted by Gasteiger charge is -2.16. The third-order valence-electron chi connectivity index (χ3n) is 2.99. The molecular formula is C14H11N3O. The van der Waals surface area contributed by atoms with Crippen LogP contribution in [0, 0.1) is 5.41 Å². The van der Waals surface area contributed by atoms with E-state index in [1.54, 1.807) is 23.4 Å².